The Morgan fingerprint density at radius 1 is 1.47 bits per heavy atom. The lowest BCUT2D eigenvalue weighted by Gasteiger charge is -2.18. The second-order valence-corrected chi connectivity index (χ2v) is 6.74. The molecule has 1 aliphatic rings. The molecule has 1 saturated heterocycles. The number of sulfonamides is 1. The Bertz CT molecular complexity index is 615. The minimum absolute atomic E-state index is 0.0271. The number of nitrogens with zero attached hydrogens (tertiary/aromatic N) is 1. The van der Waals surface area contributed by atoms with Gasteiger partial charge in [-0.3, -0.25) is 4.79 Å². The topological polar surface area (TPSA) is 80.5 Å². The van der Waals surface area contributed by atoms with Gasteiger partial charge < -0.3 is 4.90 Å². The van der Waals surface area contributed by atoms with Crippen molar-refractivity contribution in [2.75, 3.05) is 13.1 Å². The van der Waals surface area contributed by atoms with Gasteiger partial charge in [0.1, 0.15) is 0 Å². The molecule has 0 aliphatic carbocycles. The first-order chi connectivity index (χ1) is 8.80. The molecular weight excluding hydrogens is 288 g/mol. The average Bonchev–Trinajstić information content (AvgIpc) is 2.73. The minimum Gasteiger partial charge on any atom is -0.338 e. The van der Waals surface area contributed by atoms with Gasteiger partial charge in [-0.15, -0.1) is 0 Å². The van der Waals surface area contributed by atoms with Crippen molar-refractivity contribution >= 4 is 27.5 Å². The quantitative estimate of drug-likeness (QED) is 0.898. The van der Waals surface area contributed by atoms with Crippen LogP contribution in [0.2, 0.25) is 5.02 Å². The van der Waals surface area contributed by atoms with Gasteiger partial charge in [-0.05, 0) is 24.5 Å². The molecule has 19 heavy (non-hydrogen) atoms. The van der Waals surface area contributed by atoms with E-state index in [-0.39, 0.29) is 21.4 Å². The number of likely N-dealkylation sites (tertiary alicyclic amines) is 1. The second kappa shape index (κ2) is 5.11. The van der Waals surface area contributed by atoms with Crippen LogP contribution in [0.4, 0.5) is 0 Å². The lowest BCUT2D eigenvalue weighted by atomic mass is 10.2. The molecule has 0 aromatic heterocycles. The fraction of sp³-hybridized carbons (Fsp3) is 0.417. The van der Waals surface area contributed by atoms with E-state index in [2.05, 4.69) is 0 Å². The molecule has 2 rings (SSSR count). The van der Waals surface area contributed by atoms with Crippen LogP contribution in [0.5, 0.6) is 0 Å². The van der Waals surface area contributed by atoms with E-state index in [1.54, 1.807) is 4.90 Å². The first kappa shape index (κ1) is 14.3. The van der Waals surface area contributed by atoms with Gasteiger partial charge in [0.15, 0.2) is 0 Å². The number of carbonyl (C=O) groups is 1. The normalized spacial score (nSPS) is 19.7. The Hall–Kier alpha value is -1.11. The Balaban J connectivity index is 2.47. The molecule has 0 radical (unpaired) electrons. The van der Waals surface area contributed by atoms with Crippen LogP contribution in [0.15, 0.2) is 23.1 Å². The third-order valence-electron chi connectivity index (χ3n) is 3.21. The van der Waals surface area contributed by atoms with Crippen LogP contribution >= 0.6 is 11.6 Å². The van der Waals surface area contributed by atoms with Crippen molar-refractivity contribution in [1.29, 1.82) is 0 Å². The SMILES string of the molecule is CC1CCN(C(=O)c2c(Cl)cccc2S(N)(=O)=O)C1. The van der Waals surface area contributed by atoms with Crippen molar-refractivity contribution in [3.05, 3.63) is 28.8 Å². The molecule has 0 bridgehead atoms. The number of nitrogens with two attached hydrogens (primary N) is 1. The lowest BCUT2D eigenvalue weighted by molar-refractivity contribution is 0.0784. The van der Waals surface area contributed by atoms with E-state index in [0.717, 1.165) is 6.42 Å². The first-order valence-electron chi connectivity index (χ1n) is 5.91. The Labute approximate surface area is 117 Å². The van der Waals surface area contributed by atoms with Gasteiger partial charge in [0.25, 0.3) is 5.91 Å². The van der Waals surface area contributed by atoms with Gasteiger partial charge >= 0.3 is 0 Å². The number of hydrogen-bond acceptors (Lipinski definition) is 3. The number of rotatable bonds is 2. The molecule has 0 spiro atoms. The Kier molecular flexibility index (Phi) is 3.85. The Morgan fingerprint density at radius 2 is 2.16 bits per heavy atom. The second-order valence-electron chi connectivity index (χ2n) is 4.80. The molecule has 7 heteroatoms. The number of amides is 1. The molecule has 1 unspecified atom stereocenters. The smallest absolute Gasteiger partial charge is 0.256 e. The van der Waals surface area contributed by atoms with Gasteiger partial charge in [0.2, 0.25) is 10.0 Å². The van der Waals surface area contributed by atoms with Gasteiger partial charge in [0.05, 0.1) is 15.5 Å². The Morgan fingerprint density at radius 3 is 2.68 bits per heavy atom. The van der Waals surface area contributed by atoms with Crippen LogP contribution in [0.3, 0.4) is 0 Å². The van der Waals surface area contributed by atoms with Crippen molar-refractivity contribution in [3.8, 4) is 0 Å². The third-order valence-corrected chi connectivity index (χ3v) is 4.48. The number of halogens is 1. The van der Waals surface area contributed by atoms with E-state index in [1.807, 2.05) is 6.92 Å². The summed E-state index contributed by atoms with van der Waals surface area (Å²) < 4.78 is 23.1. The van der Waals surface area contributed by atoms with Crippen LogP contribution in [-0.2, 0) is 10.0 Å². The highest BCUT2D eigenvalue weighted by atomic mass is 35.5. The predicted octanol–water partition coefficient (Wildman–Crippen LogP) is 1.47. The summed E-state index contributed by atoms with van der Waals surface area (Å²) in [4.78, 5) is 13.8. The molecule has 1 atom stereocenters. The molecule has 104 valence electrons. The van der Waals surface area contributed by atoms with Crippen LogP contribution in [0.1, 0.15) is 23.7 Å². The minimum atomic E-state index is -3.98. The highest BCUT2D eigenvalue weighted by Gasteiger charge is 2.29. The van der Waals surface area contributed by atoms with E-state index in [0.29, 0.717) is 19.0 Å². The van der Waals surface area contributed by atoms with Crippen LogP contribution in [0, 0.1) is 5.92 Å². The number of carbonyl (C=O) groups excluding carboxylic acids is 1. The van der Waals surface area contributed by atoms with E-state index >= 15 is 0 Å². The summed E-state index contributed by atoms with van der Waals surface area (Å²) in [7, 11) is -3.98. The fourth-order valence-electron chi connectivity index (χ4n) is 2.23. The fourth-order valence-corrected chi connectivity index (χ4v) is 3.29. The predicted molar refractivity (Wildman–Crippen MR) is 72.5 cm³/mol. The summed E-state index contributed by atoms with van der Waals surface area (Å²) in [5.74, 6) is 0.0309. The van der Waals surface area contributed by atoms with Crippen LogP contribution < -0.4 is 5.14 Å². The van der Waals surface area contributed by atoms with E-state index < -0.39 is 10.0 Å². The largest absolute Gasteiger partial charge is 0.338 e. The zero-order valence-corrected chi connectivity index (χ0v) is 12.0. The summed E-state index contributed by atoms with van der Waals surface area (Å²) in [6, 6.07) is 4.25. The van der Waals surface area contributed by atoms with Gasteiger partial charge in [-0.2, -0.15) is 0 Å². The summed E-state index contributed by atoms with van der Waals surface area (Å²) in [6.45, 7) is 3.25. The number of benzene rings is 1. The van der Waals surface area contributed by atoms with Crippen LogP contribution in [-0.4, -0.2) is 32.3 Å². The zero-order chi connectivity index (χ0) is 14.2. The number of hydrogen-bond donors (Lipinski definition) is 1. The lowest BCUT2D eigenvalue weighted by Crippen LogP contribution is -2.30. The molecular formula is C12H15ClN2O3S. The van der Waals surface area contributed by atoms with Crippen molar-refractivity contribution in [2.24, 2.45) is 11.1 Å². The molecule has 0 saturated carbocycles. The number of primary sulfonamides is 1. The summed E-state index contributed by atoms with van der Waals surface area (Å²) >= 11 is 5.98. The third kappa shape index (κ3) is 2.91. The van der Waals surface area contributed by atoms with Gasteiger partial charge in [-0.1, -0.05) is 24.6 Å². The molecule has 5 nitrogen and oxygen atoms in total. The van der Waals surface area contributed by atoms with Crippen LogP contribution in [0.25, 0.3) is 0 Å². The molecule has 1 aromatic carbocycles. The maximum Gasteiger partial charge on any atom is 0.256 e. The standard InChI is InChI=1S/C12H15ClN2O3S/c1-8-5-6-15(7-8)12(16)11-9(13)3-2-4-10(11)19(14,17)18/h2-4,8H,5-7H2,1H3,(H2,14,17,18). The van der Waals surface area contributed by atoms with Crippen molar-refractivity contribution in [2.45, 2.75) is 18.2 Å². The van der Waals surface area contributed by atoms with Crippen molar-refractivity contribution in [3.63, 3.8) is 0 Å². The van der Waals surface area contributed by atoms with Gasteiger partial charge in [-0.25, -0.2) is 13.6 Å². The highest BCUT2D eigenvalue weighted by molar-refractivity contribution is 7.89. The highest BCUT2D eigenvalue weighted by Crippen LogP contribution is 2.27. The molecule has 1 aliphatic heterocycles. The van der Waals surface area contributed by atoms with Crippen molar-refractivity contribution in [1.82, 2.24) is 4.90 Å². The molecule has 2 N–H and O–H groups in total. The monoisotopic (exact) mass is 302 g/mol. The van der Waals surface area contributed by atoms with Crippen molar-refractivity contribution < 1.29 is 13.2 Å². The van der Waals surface area contributed by atoms with E-state index in [9.17, 15) is 13.2 Å². The van der Waals surface area contributed by atoms with E-state index in [1.165, 1.54) is 18.2 Å². The maximum atomic E-state index is 12.4. The maximum absolute atomic E-state index is 12.4. The molecule has 1 aromatic rings. The summed E-state index contributed by atoms with van der Waals surface area (Å²) in [5.41, 5.74) is -0.0271. The summed E-state index contributed by atoms with van der Waals surface area (Å²) in [5, 5.41) is 5.24. The summed E-state index contributed by atoms with van der Waals surface area (Å²) in [6.07, 6.45) is 0.904. The molecule has 1 heterocycles. The van der Waals surface area contributed by atoms with E-state index in [4.69, 9.17) is 16.7 Å². The molecule has 1 fully saturated rings. The first-order valence-corrected chi connectivity index (χ1v) is 7.83. The molecule has 1 amide bonds. The van der Waals surface area contributed by atoms with Gasteiger partial charge in [0, 0.05) is 13.1 Å². The average molecular weight is 303 g/mol. The zero-order valence-electron chi connectivity index (χ0n) is 10.5.